The molecule has 0 bridgehead atoms. The standard InChI is InChI=1S/C23H19N3/c1-2-10-19(11-3-1)22-18-23(25-14-6-7-15-25,26-16-8-9-17-26)20-12-4-5-13-21(20)24-22/h1-17H,18H2. The molecule has 4 aromatic rings. The number of hydrogen-bond acceptors (Lipinski definition) is 1. The quantitative estimate of drug-likeness (QED) is 0.498. The summed E-state index contributed by atoms with van der Waals surface area (Å²) in [6.45, 7) is 0. The molecule has 3 heterocycles. The zero-order valence-electron chi connectivity index (χ0n) is 14.4. The van der Waals surface area contributed by atoms with Gasteiger partial charge in [-0.25, -0.2) is 0 Å². The topological polar surface area (TPSA) is 22.2 Å². The van der Waals surface area contributed by atoms with E-state index in [1.165, 1.54) is 11.1 Å². The second-order valence-corrected chi connectivity index (χ2v) is 6.62. The number of fused-ring (bicyclic) bond motifs is 1. The first kappa shape index (κ1) is 15.0. The second kappa shape index (κ2) is 5.88. The Morgan fingerprint density at radius 2 is 1.23 bits per heavy atom. The molecule has 0 unspecified atom stereocenters. The number of hydrogen-bond donors (Lipinski definition) is 0. The Kier molecular flexibility index (Phi) is 3.39. The number of rotatable bonds is 3. The molecular weight excluding hydrogens is 318 g/mol. The lowest BCUT2D eigenvalue weighted by Gasteiger charge is -2.41. The lowest BCUT2D eigenvalue weighted by molar-refractivity contribution is 0.303. The molecule has 0 atom stereocenters. The van der Waals surface area contributed by atoms with E-state index in [0.717, 1.165) is 17.8 Å². The van der Waals surface area contributed by atoms with Gasteiger partial charge in [-0.2, -0.15) is 0 Å². The van der Waals surface area contributed by atoms with Crippen molar-refractivity contribution < 1.29 is 0 Å². The van der Waals surface area contributed by atoms with E-state index in [1.54, 1.807) is 0 Å². The van der Waals surface area contributed by atoms with Crippen LogP contribution in [0.25, 0.3) is 0 Å². The van der Waals surface area contributed by atoms with Crippen LogP contribution < -0.4 is 0 Å². The van der Waals surface area contributed by atoms with E-state index in [2.05, 4.69) is 107 Å². The van der Waals surface area contributed by atoms with Gasteiger partial charge in [-0.15, -0.1) is 0 Å². The Morgan fingerprint density at radius 1 is 0.654 bits per heavy atom. The van der Waals surface area contributed by atoms with Gasteiger partial charge in [0.15, 0.2) is 5.66 Å². The van der Waals surface area contributed by atoms with Gasteiger partial charge in [-0.3, -0.25) is 4.99 Å². The van der Waals surface area contributed by atoms with Gasteiger partial charge in [0.25, 0.3) is 0 Å². The Bertz CT molecular complexity index is 1010. The van der Waals surface area contributed by atoms with Crippen LogP contribution in [0.1, 0.15) is 17.5 Å². The molecule has 0 N–H and O–H groups in total. The monoisotopic (exact) mass is 337 g/mol. The third-order valence-electron chi connectivity index (χ3n) is 5.17. The van der Waals surface area contributed by atoms with E-state index < -0.39 is 0 Å². The average Bonchev–Trinajstić information content (AvgIpc) is 3.42. The number of benzene rings is 2. The van der Waals surface area contributed by atoms with Crippen molar-refractivity contribution >= 4 is 11.4 Å². The van der Waals surface area contributed by atoms with Crippen molar-refractivity contribution in [2.75, 3.05) is 0 Å². The van der Waals surface area contributed by atoms with Crippen LogP contribution in [0.15, 0.2) is 109 Å². The zero-order valence-corrected chi connectivity index (χ0v) is 14.4. The van der Waals surface area contributed by atoms with Gasteiger partial charge in [0.05, 0.1) is 11.4 Å². The fourth-order valence-corrected chi connectivity index (χ4v) is 3.98. The largest absolute Gasteiger partial charge is 0.326 e. The molecule has 126 valence electrons. The van der Waals surface area contributed by atoms with E-state index >= 15 is 0 Å². The number of aromatic nitrogens is 2. The predicted octanol–water partition coefficient (Wildman–Crippen LogP) is 5.06. The van der Waals surface area contributed by atoms with Crippen LogP contribution in [0.2, 0.25) is 0 Å². The molecule has 26 heavy (non-hydrogen) atoms. The van der Waals surface area contributed by atoms with Gasteiger partial charge in [0.2, 0.25) is 0 Å². The molecule has 0 radical (unpaired) electrons. The summed E-state index contributed by atoms with van der Waals surface area (Å²) in [5, 5.41) is 0. The summed E-state index contributed by atoms with van der Waals surface area (Å²) in [6, 6.07) is 27.3. The van der Waals surface area contributed by atoms with Gasteiger partial charge >= 0.3 is 0 Å². The molecule has 1 aliphatic heterocycles. The minimum Gasteiger partial charge on any atom is -0.326 e. The fraction of sp³-hybridized carbons (Fsp3) is 0.0870. The molecule has 3 heteroatoms. The predicted molar refractivity (Wildman–Crippen MR) is 105 cm³/mol. The van der Waals surface area contributed by atoms with Crippen molar-refractivity contribution in [1.82, 2.24) is 9.13 Å². The van der Waals surface area contributed by atoms with Gasteiger partial charge < -0.3 is 9.13 Å². The molecule has 0 saturated heterocycles. The third-order valence-corrected chi connectivity index (χ3v) is 5.17. The molecule has 0 amide bonds. The van der Waals surface area contributed by atoms with E-state index in [4.69, 9.17) is 4.99 Å². The maximum atomic E-state index is 5.02. The Hall–Kier alpha value is -3.33. The number of para-hydroxylation sites is 1. The van der Waals surface area contributed by atoms with E-state index in [0.29, 0.717) is 0 Å². The van der Waals surface area contributed by atoms with Crippen molar-refractivity contribution in [1.29, 1.82) is 0 Å². The summed E-state index contributed by atoms with van der Waals surface area (Å²) >= 11 is 0. The number of aliphatic imine (C=N–C) groups is 1. The van der Waals surface area contributed by atoms with Crippen LogP contribution in [-0.4, -0.2) is 14.8 Å². The van der Waals surface area contributed by atoms with Crippen LogP contribution in [0.4, 0.5) is 5.69 Å². The highest BCUT2D eigenvalue weighted by atomic mass is 15.3. The first-order valence-corrected chi connectivity index (χ1v) is 8.87. The summed E-state index contributed by atoms with van der Waals surface area (Å²) in [7, 11) is 0. The molecule has 2 aromatic heterocycles. The summed E-state index contributed by atoms with van der Waals surface area (Å²) in [5.41, 5.74) is 4.15. The van der Waals surface area contributed by atoms with Crippen molar-refractivity contribution in [3.8, 4) is 0 Å². The summed E-state index contributed by atoms with van der Waals surface area (Å²) < 4.78 is 4.59. The summed E-state index contributed by atoms with van der Waals surface area (Å²) in [4.78, 5) is 5.02. The summed E-state index contributed by atoms with van der Waals surface area (Å²) in [5.74, 6) is 0. The maximum Gasteiger partial charge on any atom is 0.154 e. The minimum atomic E-state index is -0.365. The Balaban J connectivity index is 1.81. The Morgan fingerprint density at radius 3 is 1.88 bits per heavy atom. The lowest BCUT2D eigenvalue weighted by atomic mass is 9.86. The minimum absolute atomic E-state index is 0.365. The summed E-state index contributed by atoms with van der Waals surface area (Å²) in [6.07, 6.45) is 9.36. The first-order chi connectivity index (χ1) is 12.9. The van der Waals surface area contributed by atoms with Gasteiger partial charge in [0.1, 0.15) is 0 Å². The molecule has 0 spiro atoms. The van der Waals surface area contributed by atoms with E-state index in [-0.39, 0.29) is 5.66 Å². The van der Waals surface area contributed by atoms with Crippen molar-refractivity contribution in [3.05, 3.63) is 115 Å². The van der Waals surface area contributed by atoms with Crippen LogP contribution in [0, 0.1) is 0 Å². The smallest absolute Gasteiger partial charge is 0.154 e. The van der Waals surface area contributed by atoms with Crippen molar-refractivity contribution in [3.63, 3.8) is 0 Å². The van der Waals surface area contributed by atoms with Crippen LogP contribution in [0.3, 0.4) is 0 Å². The molecular formula is C23H19N3. The third kappa shape index (κ3) is 2.17. The normalized spacial score (nSPS) is 15.3. The highest BCUT2D eigenvalue weighted by molar-refractivity contribution is 6.04. The second-order valence-electron chi connectivity index (χ2n) is 6.62. The van der Waals surface area contributed by atoms with Crippen LogP contribution in [-0.2, 0) is 5.66 Å². The van der Waals surface area contributed by atoms with Gasteiger partial charge in [0, 0.05) is 36.8 Å². The molecule has 0 fully saturated rings. The zero-order chi connectivity index (χ0) is 17.4. The molecule has 3 nitrogen and oxygen atoms in total. The molecule has 0 aliphatic carbocycles. The average molecular weight is 337 g/mol. The van der Waals surface area contributed by atoms with Crippen LogP contribution >= 0.6 is 0 Å². The molecule has 5 rings (SSSR count). The van der Waals surface area contributed by atoms with Crippen molar-refractivity contribution in [2.24, 2.45) is 4.99 Å². The Labute approximate surface area is 152 Å². The number of nitrogens with zero attached hydrogens (tertiary/aromatic N) is 3. The van der Waals surface area contributed by atoms with Crippen LogP contribution in [0.5, 0.6) is 0 Å². The van der Waals surface area contributed by atoms with Gasteiger partial charge in [-0.05, 0) is 35.9 Å². The highest BCUT2D eigenvalue weighted by Crippen LogP contribution is 2.43. The lowest BCUT2D eigenvalue weighted by Crippen LogP contribution is -2.44. The van der Waals surface area contributed by atoms with Gasteiger partial charge in [-0.1, -0.05) is 48.5 Å². The highest BCUT2D eigenvalue weighted by Gasteiger charge is 2.41. The first-order valence-electron chi connectivity index (χ1n) is 8.87. The molecule has 2 aromatic carbocycles. The molecule has 1 aliphatic rings. The SMILES string of the molecule is c1ccc(C2=Nc3ccccc3C(n3cccc3)(n3cccc3)C2)cc1. The maximum absolute atomic E-state index is 5.02. The van der Waals surface area contributed by atoms with E-state index in [9.17, 15) is 0 Å². The molecule has 0 saturated carbocycles. The fourth-order valence-electron chi connectivity index (χ4n) is 3.98. The van der Waals surface area contributed by atoms with Crippen molar-refractivity contribution in [2.45, 2.75) is 12.1 Å². The van der Waals surface area contributed by atoms with E-state index in [1.807, 2.05) is 6.07 Å².